The van der Waals surface area contributed by atoms with E-state index in [0.29, 0.717) is 12.0 Å². The molecule has 2 rings (SSSR count). The molecule has 0 amide bonds. The van der Waals surface area contributed by atoms with E-state index in [4.69, 9.17) is 5.73 Å². The van der Waals surface area contributed by atoms with Crippen LogP contribution in [0.15, 0.2) is 60.7 Å². The predicted octanol–water partition coefficient (Wildman–Crippen LogP) is 3.78. The number of nitrogens with two attached hydrogens (primary N) is 1. The first-order valence-corrected chi connectivity index (χ1v) is 10.1. The number of rotatable bonds is 8. The lowest BCUT2D eigenvalue weighted by Gasteiger charge is -2.33. The van der Waals surface area contributed by atoms with Crippen LogP contribution in [0.25, 0.3) is 0 Å². The lowest BCUT2D eigenvalue weighted by atomic mass is 9.90. The summed E-state index contributed by atoms with van der Waals surface area (Å²) in [6, 6.07) is 18.0. The van der Waals surface area contributed by atoms with Crippen LogP contribution < -0.4 is 5.73 Å². The van der Waals surface area contributed by atoms with Crippen LogP contribution in [0.4, 0.5) is 0 Å². The predicted molar refractivity (Wildman–Crippen MR) is 98.6 cm³/mol. The fourth-order valence-electron chi connectivity index (χ4n) is 2.95. The molecular formula is C19H24NO4P. The average molecular weight is 361 g/mol. The smallest absolute Gasteiger partial charge is 0.333 e. The zero-order valence-corrected chi connectivity index (χ0v) is 15.1. The number of hydrogen-bond donors (Lipinski definition) is 3. The maximum atomic E-state index is 13.0. The molecule has 0 aliphatic carbocycles. The first-order chi connectivity index (χ1) is 11.8. The Morgan fingerprint density at radius 2 is 1.64 bits per heavy atom. The average Bonchev–Trinajstić information content (AvgIpc) is 2.60. The second-order valence-corrected chi connectivity index (χ2v) is 8.81. The maximum absolute atomic E-state index is 13.0. The first-order valence-electron chi connectivity index (χ1n) is 8.23. The van der Waals surface area contributed by atoms with Crippen molar-refractivity contribution in [3.8, 4) is 0 Å². The van der Waals surface area contributed by atoms with Crippen LogP contribution in [-0.4, -0.2) is 21.2 Å². The molecule has 5 nitrogen and oxygen atoms in total. The minimum atomic E-state index is -4.20. The number of aliphatic carboxylic acids is 1. The molecule has 0 aliphatic heterocycles. The molecule has 0 spiro atoms. The van der Waals surface area contributed by atoms with E-state index >= 15 is 0 Å². The van der Waals surface area contributed by atoms with Gasteiger partial charge < -0.3 is 15.7 Å². The van der Waals surface area contributed by atoms with Crippen LogP contribution in [0.2, 0.25) is 0 Å². The van der Waals surface area contributed by atoms with Gasteiger partial charge >= 0.3 is 5.97 Å². The Balaban J connectivity index is 2.33. The molecule has 2 aromatic carbocycles. The third kappa shape index (κ3) is 4.37. The molecule has 2 aromatic rings. The number of carboxylic acids is 1. The minimum absolute atomic E-state index is 0.0938. The fraction of sp³-hybridized carbons (Fsp3) is 0.316. The molecule has 0 saturated carbocycles. The summed E-state index contributed by atoms with van der Waals surface area (Å²) in [5, 5.41) is 7.49. The molecule has 0 bridgehead atoms. The highest BCUT2D eigenvalue weighted by Crippen LogP contribution is 2.57. The van der Waals surface area contributed by atoms with Gasteiger partial charge in [0.2, 0.25) is 7.37 Å². The van der Waals surface area contributed by atoms with Crippen molar-refractivity contribution in [1.82, 2.24) is 0 Å². The Hall–Kier alpha value is -1.94. The summed E-state index contributed by atoms with van der Waals surface area (Å²) in [6.07, 6.45) is 0.271. The van der Waals surface area contributed by atoms with Gasteiger partial charge in [-0.1, -0.05) is 67.6 Å². The summed E-state index contributed by atoms with van der Waals surface area (Å²) >= 11 is 0. The van der Waals surface area contributed by atoms with Crippen molar-refractivity contribution in [2.24, 2.45) is 5.73 Å². The van der Waals surface area contributed by atoms with Crippen molar-refractivity contribution >= 4 is 13.3 Å². The fourth-order valence-corrected chi connectivity index (χ4v) is 4.74. The van der Waals surface area contributed by atoms with Gasteiger partial charge in [-0.2, -0.15) is 0 Å². The van der Waals surface area contributed by atoms with Crippen LogP contribution >= 0.6 is 7.37 Å². The summed E-state index contributed by atoms with van der Waals surface area (Å²) in [5.41, 5.74) is 7.58. The van der Waals surface area contributed by atoms with E-state index in [1.807, 2.05) is 37.3 Å². The van der Waals surface area contributed by atoms with E-state index in [-0.39, 0.29) is 18.5 Å². The summed E-state index contributed by atoms with van der Waals surface area (Å²) in [6.45, 7) is 1.92. The van der Waals surface area contributed by atoms with Gasteiger partial charge in [0.25, 0.3) is 0 Å². The normalized spacial score (nSPS) is 17.2. The molecule has 3 atom stereocenters. The van der Waals surface area contributed by atoms with Crippen LogP contribution in [0, 0.1) is 0 Å². The van der Waals surface area contributed by atoms with Crippen LogP contribution in [0.5, 0.6) is 0 Å². The maximum Gasteiger partial charge on any atom is 0.333 e. The Kier molecular flexibility index (Phi) is 6.17. The molecule has 0 radical (unpaired) electrons. The molecule has 0 aliphatic rings. The van der Waals surface area contributed by atoms with Gasteiger partial charge in [-0.05, 0) is 29.9 Å². The van der Waals surface area contributed by atoms with Gasteiger partial charge in [0.1, 0.15) is 0 Å². The Morgan fingerprint density at radius 1 is 1.12 bits per heavy atom. The first kappa shape index (κ1) is 19.4. The van der Waals surface area contributed by atoms with E-state index in [1.54, 1.807) is 30.3 Å². The molecule has 0 heterocycles. The minimum Gasteiger partial charge on any atom is -0.479 e. The number of hydrogen-bond acceptors (Lipinski definition) is 3. The molecule has 0 aromatic heterocycles. The topological polar surface area (TPSA) is 101 Å². The molecule has 25 heavy (non-hydrogen) atoms. The highest BCUT2D eigenvalue weighted by Gasteiger charge is 2.51. The molecule has 6 heteroatoms. The lowest BCUT2D eigenvalue weighted by molar-refractivity contribution is -0.140. The summed E-state index contributed by atoms with van der Waals surface area (Å²) in [7, 11) is -4.20. The number of benzene rings is 2. The SMILES string of the molecule is CCC(CC(N)(C(=O)O)P(=O)(O)Cc1ccccc1)c1ccccc1. The van der Waals surface area contributed by atoms with Gasteiger partial charge in [0.05, 0.1) is 6.16 Å². The van der Waals surface area contributed by atoms with Crippen molar-refractivity contribution in [1.29, 1.82) is 0 Å². The highest BCUT2D eigenvalue weighted by atomic mass is 31.2. The van der Waals surface area contributed by atoms with Crippen LogP contribution in [0.3, 0.4) is 0 Å². The van der Waals surface area contributed by atoms with E-state index in [1.165, 1.54) is 0 Å². The monoisotopic (exact) mass is 361 g/mol. The summed E-state index contributed by atoms with van der Waals surface area (Å²) in [4.78, 5) is 22.5. The third-order valence-electron chi connectivity index (χ3n) is 4.55. The zero-order valence-electron chi connectivity index (χ0n) is 14.2. The summed E-state index contributed by atoms with van der Waals surface area (Å²) in [5.74, 6) is -1.65. The van der Waals surface area contributed by atoms with Gasteiger partial charge in [-0.25, -0.2) is 4.79 Å². The van der Waals surface area contributed by atoms with Crippen molar-refractivity contribution in [2.75, 3.05) is 0 Å². The van der Waals surface area contributed by atoms with Crippen LogP contribution in [-0.2, 0) is 15.5 Å². The molecular weight excluding hydrogens is 337 g/mol. The summed E-state index contributed by atoms with van der Waals surface area (Å²) < 4.78 is 13.0. The zero-order chi connectivity index (χ0) is 18.5. The molecule has 3 unspecified atom stereocenters. The standard InChI is InChI=1S/C19H24NO4P/c1-2-16(17-11-7-4-8-12-17)13-19(20,18(21)22)25(23,24)14-15-9-5-3-6-10-15/h3-12,16H,2,13-14,20H2,1H3,(H,21,22)(H,23,24). The van der Waals surface area contributed by atoms with Crippen molar-refractivity contribution < 1.29 is 19.4 Å². The Bertz CT molecular complexity index is 751. The van der Waals surface area contributed by atoms with E-state index in [0.717, 1.165) is 5.56 Å². The highest BCUT2D eigenvalue weighted by molar-refractivity contribution is 7.59. The lowest BCUT2D eigenvalue weighted by Crippen LogP contribution is -2.49. The Labute approximate surface area is 148 Å². The third-order valence-corrected chi connectivity index (χ3v) is 6.97. The van der Waals surface area contributed by atoms with Crippen molar-refractivity contribution in [2.45, 2.75) is 37.1 Å². The Morgan fingerprint density at radius 3 is 2.12 bits per heavy atom. The number of carboxylic acid groups (broad SMARTS) is 1. The van der Waals surface area contributed by atoms with E-state index < -0.39 is 18.6 Å². The van der Waals surface area contributed by atoms with Crippen molar-refractivity contribution in [3.05, 3.63) is 71.8 Å². The van der Waals surface area contributed by atoms with Gasteiger partial charge in [-0.3, -0.25) is 4.57 Å². The molecule has 0 fully saturated rings. The molecule has 0 saturated heterocycles. The quantitative estimate of drug-likeness (QED) is 0.621. The van der Waals surface area contributed by atoms with Gasteiger partial charge in [-0.15, -0.1) is 0 Å². The molecule has 134 valence electrons. The number of carbonyl (C=O) groups is 1. The van der Waals surface area contributed by atoms with Gasteiger partial charge in [0, 0.05) is 0 Å². The largest absolute Gasteiger partial charge is 0.479 e. The van der Waals surface area contributed by atoms with Crippen LogP contribution in [0.1, 0.15) is 36.8 Å². The van der Waals surface area contributed by atoms with Gasteiger partial charge in [0.15, 0.2) is 5.28 Å². The van der Waals surface area contributed by atoms with Crippen molar-refractivity contribution in [3.63, 3.8) is 0 Å². The van der Waals surface area contributed by atoms with E-state index in [2.05, 4.69) is 0 Å². The molecule has 4 N–H and O–H groups in total. The van der Waals surface area contributed by atoms with E-state index in [9.17, 15) is 19.4 Å². The second-order valence-electron chi connectivity index (χ2n) is 6.29. The second kappa shape index (κ2) is 7.96.